The molecule has 0 amide bonds. The highest BCUT2D eigenvalue weighted by atomic mass is 16.5. The lowest BCUT2D eigenvalue weighted by Gasteiger charge is -2.19. The molecule has 0 radical (unpaired) electrons. The molecule has 6 heteroatoms. The van der Waals surface area contributed by atoms with Gasteiger partial charge in [-0.2, -0.15) is 0 Å². The number of rotatable bonds is 6. The predicted octanol–water partition coefficient (Wildman–Crippen LogP) is 1.80. The number of para-hydroxylation sites is 1. The highest BCUT2D eigenvalue weighted by molar-refractivity contribution is 5.93. The van der Waals surface area contributed by atoms with Gasteiger partial charge in [-0.25, -0.2) is 14.8 Å². The number of hydrogen-bond donors (Lipinski definition) is 1. The SMILES string of the molecule is COCCCN(C)c1nc(C(=O)O)nc2ccccc12. The van der Waals surface area contributed by atoms with Crippen LogP contribution in [0.3, 0.4) is 0 Å². The summed E-state index contributed by atoms with van der Waals surface area (Å²) in [5.74, 6) is -0.677. The first-order valence-corrected chi connectivity index (χ1v) is 6.33. The molecule has 0 aliphatic rings. The average Bonchev–Trinajstić information content (AvgIpc) is 2.46. The van der Waals surface area contributed by atoms with Gasteiger partial charge in [0, 0.05) is 32.7 Å². The summed E-state index contributed by atoms with van der Waals surface area (Å²) in [6.07, 6.45) is 0.841. The molecular weight excluding hydrogens is 258 g/mol. The second-order valence-corrected chi connectivity index (χ2v) is 4.46. The molecule has 0 spiro atoms. The number of benzene rings is 1. The molecule has 0 fully saturated rings. The number of anilines is 1. The molecule has 2 aromatic rings. The van der Waals surface area contributed by atoms with Gasteiger partial charge in [0.1, 0.15) is 5.82 Å². The Morgan fingerprint density at radius 1 is 1.35 bits per heavy atom. The molecule has 0 unspecified atom stereocenters. The summed E-state index contributed by atoms with van der Waals surface area (Å²) in [5, 5.41) is 9.95. The number of fused-ring (bicyclic) bond motifs is 1. The van der Waals surface area contributed by atoms with Crippen LogP contribution in [-0.4, -0.2) is 48.4 Å². The summed E-state index contributed by atoms with van der Waals surface area (Å²) < 4.78 is 5.02. The minimum atomic E-state index is -1.12. The first-order valence-electron chi connectivity index (χ1n) is 6.33. The first-order chi connectivity index (χ1) is 9.63. The number of carbonyl (C=O) groups is 1. The van der Waals surface area contributed by atoms with E-state index in [0.717, 1.165) is 18.4 Å². The third-order valence-electron chi connectivity index (χ3n) is 2.98. The maximum Gasteiger partial charge on any atom is 0.374 e. The van der Waals surface area contributed by atoms with Gasteiger partial charge in [-0.1, -0.05) is 12.1 Å². The third kappa shape index (κ3) is 3.03. The summed E-state index contributed by atoms with van der Waals surface area (Å²) in [6, 6.07) is 7.40. The van der Waals surface area contributed by atoms with E-state index in [1.54, 1.807) is 13.2 Å². The van der Waals surface area contributed by atoms with Gasteiger partial charge < -0.3 is 14.7 Å². The largest absolute Gasteiger partial charge is 0.475 e. The van der Waals surface area contributed by atoms with Crippen LogP contribution >= 0.6 is 0 Å². The number of nitrogens with zero attached hydrogens (tertiary/aromatic N) is 3. The van der Waals surface area contributed by atoms with E-state index in [0.29, 0.717) is 17.9 Å². The zero-order chi connectivity index (χ0) is 14.5. The van der Waals surface area contributed by atoms with Gasteiger partial charge in [0.2, 0.25) is 5.82 Å². The van der Waals surface area contributed by atoms with Gasteiger partial charge in [-0.05, 0) is 18.6 Å². The molecule has 1 N–H and O–H groups in total. The number of carboxylic acid groups (broad SMARTS) is 1. The number of aromatic nitrogens is 2. The Kier molecular flexibility index (Phi) is 4.47. The quantitative estimate of drug-likeness (QED) is 0.810. The minimum absolute atomic E-state index is 0.183. The van der Waals surface area contributed by atoms with E-state index in [9.17, 15) is 4.79 Å². The van der Waals surface area contributed by atoms with Crippen molar-refractivity contribution in [3.63, 3.8) is 0 Å². The Balaban J connectivity index is 2.41. The molecule has 0 saturated heterocycles. The van der Waals surface area contributed by atoms with Crippen LogP contribution in [0.5, 0.6) is 0 Å². The summed E-state index contributed by atoms with van der Waals surface area (Å²) in [5.41, 5.74) is 0.633. The third-order valence-corrected chi connectivity index (χ3v) is 2.98. The molecule has 0 aliphatic heterocycles. The van der Waals surface area contributed by atoms with Crippen LogP contribution in [-0.2, 0) is 4.74 Å². The van der Waals surface area contributed by atoms with Crippen molar-refractivity contribution in [3.05, 3.63) is 30.1 Å². The smallest absolute Gasteiger partial charge is 0.374 e. The Morgan fingerprint density at radius 3 is 2.80 bits per heavy atom. The number of ether oxygens (including phenoxy) is 1. The lowest BCUT2D eigenvalue weighted by atomic mass is 10.2. The molecule has 1 aromatic carbocycles. The Labute approximate surface area is 117 Å². The highest BCUT2D eigenvalue weighted by Gasteiger charge is 2.15. The van der Waals surface area contributed by atoms with Gasteiger partial charge >= 0.3 is 5.97 Å². The van der Waals surface area contributed by atoms with Crippen LogP contribution < -0.4 is 4.90 Å². The van der Waals surface area contributed by atoms with Crippen LogP contribution in [0.15, 0.2) is 24.3 Å². The highest BCUT2D eigenvalue weighted by Crippen LogP contribution is 2.23. The van der Waals surface area contributed by atoms with Crippen molar-refractivity contribution >= 4 is 22.7 Å². The predicted molar refractivity (Wildman–Crippen MR) is 76.3 cm³/mol. The molecule has 2 rings (SSSR count). The fraction of sp³-hybridized carbons (Fsp3) is 0.357. The number of methoxy groups -OCH3 is 1. The molecule has 1 aromatic heterocycles. The topological polar surface area (TPSA) is 75.5 Å². The van der Waals surface area contributed by atoms with Gasteiger partial charge in [-0.3, -0.25) is 0 Å². The van der Waals surface area contributed by atoms with Crippen LogP contribution in [0.2, 0.25) is 0 Å². The minimum Gasteiger partial charge on any atom is -0.475 e. The van der Waals surface area contributed by atoms with Crippen molar-refractivity contribution in [2.45, 2.75) is 6.42 Å². The van der Waals surface area contributed by atoms with E-state index in [1.165, 1.54) is 0 Å². The van der Waals surface area contributed by atoms with Crippen molar-refractivity contribution in [1.82, 2.24) is 9.97 Å². The zero-order valence-electron chi connectivity index (χ0n) is 11.5. The summed E-state index contributed by atoms with van der Waals surface area (Å²) in [7, 11) is 3.54. The van der Waals surface area contributed by atoms with Crippen LogP contribution in [0.4, 0.5) is 5.82 Å². The van der Waals surface area contributed by atoms with Gasteiger partial charge in [0.05, 0.1) is 5.52 Å². The first kappa shape index (κ1) is 14.2. The number of aromatic carboxylic acids is 1. The van der Waals surface area contributed by atoms with E-state index >= 15 is 0 Å². The second kappa shape index (κ2) is 6.29. The van der Waals surface area contributed by atoms with Gasteiger partial charge in [-0.15, -0.1) is 0 Å². The Bertz CT molecular complexity index is 616. The summed E-state index contributed by atoms with van der Waals surface area (Å²) >= 11 is 0. The lowest BCUT2D eigenvalue weighted by molar-refractivity contribution is 0.0684. The molecule has 0 bridgehead atoms. The molecule has 6 nitrogen and oxygen atoms in total. The second-order valence-electron chi connectivity index (χ2n) is 4.46. The molecule has 1 heterocycles. The van der Waals surface area contributed by atoms with Crippen LogP contribution in [0.1, 0.15) is 17.0 Å². The average molecular weight is 275 g/mol. The van der Waals surface area contributed by atoms with Crippen molar-refractivity contribution < 1.29 is 14.6 Å². The summed E-state index contributed by atoms with van der Waals surface area (Å²) in [6.45, 7) is 1.38. The number of carboxylic acids is 1. The summed E-state index contributed by atoms with van der Waals surface area (Å²) in [4.78, 5) is 21.2. The van der Waals surface area contributed by atoms with Crippen molar-refractivity contribution in [2.24, 2.45) is 0 Å². The maximum atomic E-state index is 11.1. The molecule has 0 atom stereocenters. The van der Waals surface area contributed by atoms with E-state index in [1.807, 2.05) is 30.1 Å². The van der Waals surface area contributed by atoms with E-state index in [-0.39, 0.29) is 5.82 Å². The van der Waals surface area contributed by atoms with Crippen molar-refractivity contribution in [2.75, 3.05) is 32.2 Å². The van der Waals surface area contributed by atoms with Gasteiger partial charge in [0.25, 0.3) is 0 Å². The number of hydrogen-bond acceptors (Lipinski definition) is 5. The van der Waals surface area contributed by atoms with Crippen LogP contribution in [0.25, 0.3) is 10.9 Å². The fourth-order valence-corrected chi connectivity index (χ4v) is 2.00. The molecule has 0 aliphatic carbocycles. The Hall–Kier alpha value is -2.21. The molecule has 106 valence electrons. The van der Waals surface area contributed by atoms with E-state index < -0.39 is 5.97 Å². The molecular formula is C14H17N3O3. The maximum absolute atomic E-state index is 11.1. The van der Waals surface area contributed by atoms with Crippen LogP contribution in [0, 0.1) is 0 Å². The molecule has 0 saturated carbocycles. The van der Waals surface area contributed by atoms with E-state index in [2.05, 4.69) is 9.97 Å². The standard InChI is InChI=1S/C14H17N3O3/c1-17(8-5-9-20-2)13-10-6-3-4-7-11(10)15-12(16-13)14(18)19/h3-4,6-7H,5,8-9H2,1-2H3,(H,18,19). The monoisotopic (exact) mass is 275 g/mol. The van der Waals surface area contributed by atoms with E-state index in [4.69, 9.17) is 9.84 Å². The fourth-order valence-electron chi connectivity index (χ4n) is 2.00. The normalized spacial score (nSPS) is 10.7. The zero-order valence-corrected chi connectivity index (χ0v) is 11.5. The van der Waals surface area contributed by atoms with Crippen molar-refractivity contribution in [3.8, 4) is 0 Å². The molecule has 20 heavy (non-hydrogen) atoms. The lowest BCUT2D eigenvalue weighted by Crippen LogP contribution is -2.22. The van der Waals surface area contributed by atoms with Gasteiger partial charge in [0.15, 0.2) is 0 Å². The Morgan fingerprint density at radius 2 is 2.10 bits per heavy atom. The van der Waals surface area contributed by atoms with Crippen molar-refractivity contribution in [1.29, 1.82) is 0 Å².